The van der Waals surface area contributed by atoms with E-state index in [1.54, 1.807) is 0 Å². The van der Waals surface area contributed by atoms with Crippen molar-refractivity contribution in [2.75, 3.05) is 4.90 Å². The van der Waals surface area contributed by atoms with Crippen LogP contribution in [0.15, 0.2) is 207 Å². The molecule has 0 unspecified atom stereocenters. The molecule has 6 heteroatoms. The summed E-state index contributed by atoms with van der Waals surface area (Å²) in [5, 5.41) is 6.47. The van der Waals surface area contributed by atoms with Gasteiger partial charge in [0.05, 0.1) is 45.2 Å². The summed E-state index contributed by atoms with van der Waals surface area (Å²) in [6.07, 6.45) is 5.62. The van der Waals surface area contributed by atoms with E-state index in [1.165, 1.54) is 43.0 Å². The maximum absolute atomic E-state index is 6.75. The molecule has 0 amide bonds. The molecule has 7 aromatic carbocycles. The van der Waals surface area contributed by atoms with Gasteiger partial charge in [-0.1, -0.05) is 121 Å². The average molecular weight is 771 g/mol. The van der Waals surface area contributed by atoms with Gasteiger partial charge in [0.15, 0.2) is 8.07 Å². The first kappa shape index (κ1) is 32.5. The molecule has 0 fully saturated rings. The third kappa shape index (κ3) is 4.08. The van der Waals surface area contributed by atoms with Crippen LogP contribution in [0.1, 0.15) is 22.3 Å². The van der Waals surface area contributed by atoms with Crippen LogP contribution in [0.25, 0.3) is 27.6 Å². The number of ether oxygens (including phenoxy) is 1. The van der Waals surface area contributed by atoms with Crippen LogP contribution in [-0.4, -0.2) is 22.6 Å². The van der Waals surface area contributed by atoms with Gasteiger partial charge in [0.1, 0.15) is 11.5 Å². The molecule has 3 aliphatic rings. The second-order valence-electron chi connectivity index (χ2n) is 15.7. The highest BCUT2D eigenvalue weighted by Crippen LogP contribution is 2.58. The predicted molar refractivity (Wildman–Crippen MR) is 240 cm³/mol. The molecule has 59 heavy (non-hydrogen) atoms. The van der Waals surface area contributed by atoms with Crippen LogP contribution in [-0.2, 0) is 5.41 Å². The molecule has 0 saturated carbocycles. The summed E-state index contributed by atoms with van der Waals surface area (Å²) in [6.45, 7) is 0. The molecular formula is C53H34N4OSi. The van der Waals surface area contributed by atoms with E-state index >= 15 is 0 Å². The molecule has 0 N–H and O–H groups in total. The van der Waals surface area contributed by atoms with Crippen molar-refractivity contribution in [3.05, 3.63) is 229 Å². The van der Waals surface area contributed by atoms with Gasteiger partial charge in [0.2, 0.25) is 0 Å². The average Bonchev–Trinajstić information content (AvgIpc) is 3.64. The van der Waals surface area contributed by atoms with Crippen molar-refractivity contribution in [3.8, 4) is 17.2 Å². The van der Waals surface area contributed by atoms with E-state index in [0.717, 1.165) is 56.2 Å². The molecule has 5 nitrogen and oxygen atoms in total. The van der Waals surface area contributed by atoms with Crippen LogP contribution in [0, 0.1) is 0 Å². The Hall–Kier alpha value is -7.54. The van der Waals surface area contributed by atoms with Crippen LogP contribution in [0.2, 0.25) is 0 Å². The van der Waals surface area contributed by atoms with Crippen LogP contribution in [0.5, 0.6) is 11.5 Å². The van der Waals surface area contributed by atoms with Gasteiger partial charge < -0.3 is 14.2 Å². The lowest BCUT2D eigenvalue weighted by atomic mass is 9.62. The zero-order valence-corrected chi connectivity index (χ0v) is 32.8. The number of benzene rings is 7. The minimum absolute atomic E-state index is 0.612. The zero-order chi connectivity index (χ0) is 38.7. The molecule has 0 aliphatic carbocycles. The van der Waals surface area contributed by atoms with E-state index in [0.29, 0.717) is 0 Å². The Morgan fingerprint density at radius 3 is 1.64 bits per heavy atom. The monoisotopic (exact) mass is 770 g/mol. The maximum Gasteiger partial charge on any atom is 0.188 e. The Morgan fingerprint density at radius 2 is 1.02 bits per heavy atom. The lowest BCUT2D eigenvalue weighted by molar-refractivity contribution is 0.487. The fourth-order valence-corrected chi connectivity index (χ4v) is 16.5. The summed E-state index contributed by atoms with van der Waals surface area (Å²) in [5.74, 6) is 1.90. The molecule has 3 aliphatic heterocycles. The smallest absolute Gasteiger partial charge is 0.188 e. The number of hydrogen-bond acceptors (Lipinski definition) is 4. The van der Waals surface area contributed by atoms with E-state index in [4.69, 9.17) is 9.72 Å². The van der Waals surface area contributed by atoms with Gasteiger partial charge in [-0.15, -0.1) is 0 Å². The fraction of sp³-hybridized carbons (Fsp3) is 0.0189. The van der Waals surface area contributed by atoms with E-state index in [-0.39, 0.29) is 0 Å². The van der Waals surface area contributed by atoms with Crippen molar-refractivity contribution in [1.29, 1.82) is 0 Å². The fourth-order valence-electron chi connectivity index (χ4n) is 11.0. The summed E-state index contributed by atoms with van der Waals surface area (Å²) < 4.78 is 9.02. The van der Waals surface area contributed by atoms with Crippen molar-refractivity contribution in [1.82, 2.24) is 14.5 Å². The third-order valence-electron chi connectivity index (χ3n) is 13.0. The number of aromatic nitrogens is 3. The van der Waals surface area contributed by atoms with Gasteiger partial charge in [-0.05, 0) is 110 Å². The maximum atomic E-state index is 6.75. The van der Waals surface area contributed by atoms with E-state index < -0.39 is 13.5 Å². The molecule has 3 aromatic heterocycles. The standard InChI is InChI=1S/C53H34N4OSi/c1-5-20-43-38(16-1)53(39-17-2-6-21-44(39)56(43)35-29-30-42-37(33-35)52-45(22-14-32-55-52)57(42)36-15-13-31-54-34-36)40-18-3-9-25-48(40)59(49-26-10-4-19-41(49)53)50-27-11-7-23-46(50)58-47-24-8-12-28-51(47)59/h1-34H. The number of rotatable bonds is 2. The second kappa shape index (κ2) is 12.0. The van der Waals surface area contributed by atoms with Crippen LogP contribution < -0.4 is 30.4 Å². The normalized spacial score (nSPS) is 14.8. The molecule has 0 radical (unpaired) electrons. The van der Waals surface area contributed by atoms with E-state index in [2.05, 4.69) is 190 Å². The van der Waals surface area contributed by atoms with Gasteiger partial charge in [-0.3, -0.25) is 9.97 Å². The number of pyridine rings is 2. The first-order valence-electron chi connectivity index (χ1n) is 20.1. The molecule has 13 rings (SSSR count). The Balaban J connectivity index is 1.12. The lowest BCUT2D eigenvalue weighted by Crippen LogP contribution is -2.80. The molecule has 0 saturated heterocycles. The van der Waals surface area contributed by atoms with Gasteiger partial charge in [0, 0.05) is 23.5 Å². The van der Waals surface area contributed by atoms with Crippen molar-refractivity contribution in [3.63, 3.8) is 0 Å². The molecule has 2 spiro atoms. The topological polar surface area (TPSA) is 43.2 Å². The lowest BCUT2D eigenvalue weighted by Gasteiger charge is -2.54. The number of para-hydroxylation sites is 4. The van der Waals surface area contributed by atoms with Crippen molar-refractivity contribution < 1.29 is 4.74 Å². The summed E-state index contributed by atoms with van der Waals surface area (Å²) in [4.78, 5) is 11.9. The Morgan fingerprint density at radius 1 is 0.458 bits per heavy atom. The quantitative estimate of drug-likeness (QED) is 0.164. The predicted octanol–water partition coefficient (Wildman–Crippen LogP) is 9.54. The highest BCUT2D eigenvalue weighted by Gasteiger charge is 2.59. The molecule has 10 aromatic rings. The summed E-state index contributed by atoms with van der Waals surface area (Å²) in [7, 11) is -2.92. The summed E-state index contributed by atoms with van der Waals surface area (Å²) in [6, 6.07) is 69.4. The Kier molecular flexibility index (Phi) is 6.61. The first-order chi connectivity index (χ1) is 29.3. The molecule has 0 bridgehead atoms. The van der Waals surface area contributed by atoms with Crippen LogP contribution in [0.4, 0.5) is 17.1 Å². The highest BCUT2D eigenvalue weighted by molar-refractivity contribution is 7.21. The molecule has 276 valence electrons. The SMILES string of the molecule is c1cncc(-n2c3ccc(N4c5ccccc5C5(c6ccccc64)c4ccccc4[Si]4(c6ccccc6Oc6ccccc64)c4ccccc45)cc3c3ncccc32)c1. The van der Waals surface area contributed by atoms with Gasteiger partial charge >= 0.3 is 0 Å². The van der Waals surface area contributed by atoms with Gasteiger partial charge in [-0.2, -0.15) is 0 Å². The second-order valence-corrected chi connectivity index (χ2v) is 19.3. The zero-order valence-electron chi connectivity index (χ0n) is 31.8. The van der Waals surface area contributed by atoms with Crippen LogP contribution >= 0.6 is 0 Å². The minimum atomic E-state index is -2.92. The van der Waals surface area contributed by atoms with Crippen LogP contribution in [0.3, 0.4) is 0 Å². The molecular weight excluding hydrogens is 737 g/mol. The van der Waals surface area contributed by atoms with E-state index in [1.807, 2.05) is 30.7 Å². The number of anilines is 3. The van der Waals surface area contributed by atoms with Crippen molar-refractivity contribution >= 4 is 67.8 Å². The Labute approximate surface area is 342 Å². The molecule has 0 atom stereocenters. The van der Waals surface area contributed by atoms with Gasteiger partial charge in [0.25, 0.3) is 0 Å². The summed E-state index contributed by atoms with van der Waals surface area (Å²) in [5.41, 5.74) is 12.1. The number of fused-ring (bicyclic) bond motifs is 17. The number of nitrogens with zero attached hydrogens (tertiary/aromatic N) is 4. The number of hydrogen-bond donors (Lipinski definition) is 0. The Bertz CT molecular complexity index is 3210. The first-order valence-corrected chi connectivity index (χ1v) is 22.1. The molecule has 6 heterocycles. The van der Waals surface area contributed by atoms with E-state index in [9.17, 15) is 0 Å². The summed E-state index contributed by atoms with van der Waals surface area (Å²) >= 11 is 0. The largest absolute Gasteiger partial charge is 0.458 e. The minimum Gasteiger partial charge on any atom is -0.458 e. The third-order valence-corrected chi connectivity index (χ3v) is 18.0. The highest BCUT2D eigenvalue weighted by atomic mass is 28.3. The van der Waals surface area contributed by atoms with Crippen molar-refractivity contribution in [2.24, 2.45) is 0 Å². The van der Waals surface area contributed by atoms with Gasteiger partial charge in [-0.25, -0.2) is 0 Å². The van der Waals surface area contributed by atoms with Crippen molar-refractivity contribution in [2.45, 2.75) is 5.41 Å².